The summed E-state index contributed by atoms with van der Waals surface area (Å²) < 4.78 is 10.7. The van der Waals surface area contributed by atoms with E-state index in [-0.39, 0.29) is 12.0 Å². The summed E-state index contributed by atoms with van der Waals surface area (Å²) in [6.07, 6.45) is 2.58. The van der Waals surface area contributed by atoms with E-state index in [9.17, 15) is 4.79 Å². The first-order valence-corrected chi connectivity index (χ1v) is 6.54. The van der Waals surface area contributed by atoms with Crippen LogP contribution < -0.4 is 0 Å². The summed E-state index contributed by atoms with van der Waals surface area (Å²) in [5.74, 6) is 0.0383. The Morgan fingerprint density at radius 1 is 1.63 bits per heavy atom. The van der Waals surface area contributed by atoms with Crippen LogP contribution in [0.25, 0.3) is 0 Å². The van der Waals surface area contributed by atoms with Gasteiger partial charge in [-0.1, -0.05) is 0 Å². The van der Waals surface area contributed by atoms with E-state index in [4.69, 9.17) is 9.47 Å². The van der Waals surface area contributed by atoms with Gasteiger partial charge >= 0.3 is 0 Å². The average molecular weight is 264 g/mol. The van der Waals surface area contributed by atoms with Crippen molar-refractivity contribution < 1.29 is 14.3 Å². The summed E-state index contributed by atoms with van der Waals surface area (Å²) >= 11 is 0. The summed E-state index contributed by atoms with van der Waals surface area (Å²) in [5.41, 5.74) is 1.45. The van der Waals surface area contributed by atoms with Crippen LogP contribution in [0, 0.1) is 6.92 Å². The molecule has 104 valence electrons. The molecule has 1 unspecified atom stereocenters. The van der Waals surface area contributed by atoms with Gasteiger partial charge in [-0.15, -0.1) is 0 Å². The minimum atomic E-state index is 0.0383. The Labute approximate surface area is 113 Å². The Bertz CT molecular complexity index is 436. The highest BCUT2D eigenvalue weighted by Gasteiger charge is 2.25. The van der Waals surface area contributed by atoms with Crippen LogP contribution in [0.3, 0.4) is 0 Å². The van der Waals surface area contributed by atoms with Gasteiger partial charge in [-0.25, -0.2) is 0 Å². The molecule has 2 heterocycles. The van der Waals surface area contributed by atoms with Crippen molar-refractivity contribution in [1.82, 2.24) is 9.88 Å². The maximum absolute atomic E-state index is 12.4. The molecule has 1 saturated heterocycles. The number of ether oxygens (including phenoxy) is 2. The van der Waals surface area contributed by atoms with Crippen LogP contribution in [-0.4, -0.2) is 55.3 Å². The lowest BCUT2D eigenvalue weighted by molar-refractivity contribution is -0.0333. The zero-order chi connectivity index (χ0) is 13.7. The fourth-order valence-corrected chi connectivity index (χ4v) is 2.21. The predicted molar refractivity (Wildman–Crippen MR) is 71.1 cm³/mol. The number of nitrogens with zero attached hydrogens (tertiary/aromatic N) is 2. The second-order valence-corrected chi connectivity index (χ2v) is 4.66. The smallest absolute Gasteiger partial charge is 0.255 e. The zero-order valence-electron chi connectivity index (χ0n) is 11.5. The van der Waals surface area contributed by atoms with Gasteiger partial charge in [0.05, 0.1) is 18.3 Å². The monoisotopic (exact) mass is 264 g/mol. The fraction of sp³-hybridized carbons (Fsp3) is 0.571. The van der Waals surface area contributed by atoms with E-state index in [2.05, 4.69) is 4.98 Å². The van der Waals surface area contributed by atoms with Crippen LogP contribution in [0.15, 0.2) is 18.3 Å². The van der Waals surface area contributed by atoms with E-state index < -0.39 is 0 Å². The molecule has 1 fully saturated rings. The van der Waals surface area contributed by atoms with Gasteiger partial charge in [0.2, 0.25) is 0 Å². The second-order valence-electron chi connectivity index (χ2n) is 4.66. The lowest BCUT2D eigenvalue weighted by Gasteiger charge is -2.33. The number of morpholine rings is 1. The van der Waals surface area contributed by atoms with Crippen molar-refractivity contribution >= 4 is 5.91 Å². The number of carbonyl (C=O) groups is 1. The number of hydrogen-bond donors (Lipinski definition) is 0. The first kappa shape index (κ1) is 14.0. The highest BCUT2D eigenvalue weighted by atomic mass is 16.5. The van der Waals surface area contributed by atoms with E-state index in [1.165, 1.54) is 0 Å². The van der Waals surface area contributed by atoms with E-state index in [1.807, 2.05) is 17.9 Å². The quantitative estimate of drug-likeness (QED) is 0.821. The number of methoxy groups -OCH3 is 1. The lowest BCUT2D eigenvalue weighted by Crippen LogP contribution is -2.46. The number of carbonyl (C=O) groups excluding carboxylic acids is 1. The molecule has 0 aliphatic carbocycles. The number of rotatable bonds is 4. The SMILES string of the molecule is COCCC1CN(C(=O)c2cccnc2C)CCO1. The van der Waals surface area contributed by atoms with Crippen molar-refractivity contribution in [2.45, 2.75) is 19.4 Å². The van der Waals surface area contributed by atoms with Gasteiger partial charge in [-0.2, -0.15) is 0 Å². The number of amides is 1. The second kappa shape index (κ2) is 6.63. The molecule has 1 amide bonds. The maximum Gasteiger partial charge on any atom is 0.255 e. The van der Waals surface area contributed by atoms with E-state index >= 15 is 0 Å². The molecule has 1 aromatic rings. The molecular formula is C14H20N2O3. The number of pyridine rings is 1. The van der Waals surface area contributed by atoms with Gasteiger partial charge < -0.3 is 14.4 Å². The highest BCUT2D eigenvalue weighted by Crippen LogP contribution is 2.14. The standard InChI is InChI=1S/C14H20N2O3/c1-11-13(4-3-6-15-11)14(17)16-7-9-19-12(10-16)5-8-18-2/h3-4,6,12H,5,7-10H2,1-2H3. The van der Waals surface area contributed by atoms with E-state index in [0.29, 0.717) is 31.9 Å². The van der Waals surface area contributed by atoms with Gasteiger partial charge in [0.25, 0.3) is 5.91 Å². The molecule has 0 N–H and O–H groups in total. The molecule has 19 heavy (non-hydrogen) atoms. The predicted octanol–water partition coefficient (Wildman–Crippen LogP) is 1.27. The Morgan fingerprint density at radius 2 is 2.47 bits per heavy atom. The first-order chi connectivity index (χ1) is 9.22. The fourth-order valence-electron chi connectivity index (χ4n) is 2.21. The van der Waals surface area contributed by atoms with Crippen LogP contribution in [0.2, 0.25) is 0 Å². The van der Waals surface area contributed by atoms with Crippen molar-refractivity contribution in [3.63, 3.8) is 0 Å². The largest absolute Gasteiger partial charge is 0.385 e. The third kappa shape index (κ3) is 3.52. The minimum absolute atomic E-state index is 0.0383. The average Bonchev–Trinajstić information content (AvgIpc) is 2.45. The minimum Gasteiger partial charge on any atom is -0.385 e. The zero-order valence-corrected chi connectivity index (χ0v) is 11.5. The molecule has 5 heteroatoms. The van der Waals surface area contributed by atoms with Crippen LogP contribution >= 0.6 is 0 Å². The van der Waals surface area contributed by atoms with Crippen molar-refractivity contribution in [2.75, 3.05) is 33.4 Å². The summed E-state index contributed by atoms with van der Waals surface area (Å²) in [6.45, 7) is 4.35. The number of aryl methyl sites for hydroxylation is 1. The lowest BCUT2D eigenvalue weighted by atomic mass is 10.1. The molecule has 0 saturated carbocycles. The van der Waals surface area contributed by atoms with Crippen molar-refractivity contribution in [3.8, 4) is 0 Å². The van der Waals surface area contributed by atoms with Crippen molar-refractivity contribution in [3.05, 3.63) is 29.6 Å². The molecule has 0 radical (unpaired) electrons. The topological polar surface area (TPSA) is 51.7 Å². The normalized spacial score (nSPS) is 19.5. The molecule has 5 nitrogen and oxygen atoms in total. The van der Waals surface area contributed by atoms with E-state index in [1.54, 1.807) is 19.4 Å². The maximum atomic E-state index is 12.4. The molecule has 1 aliphatic rings. The molecular weight excluding hydrogens is 244 g/mol. The van der Waals surface area contributed by atoms with Gasteiger partial charge in [0.1, 0.15) is 0 Å². The van der Waals surface area contributed by atoms with Gasteiger partial charge in [-0.05, 0) is 25.5 Å². The van der Waals surface area contributed by atoms with Gasteiger partial charge in [0.15, 0.2) is 0 Å². The first-order valence-electron chi connectivity index (χ1n) is 6.54. The van der Waals surface area contributed by atoms with Gasteiger partial charge in [0, 0.05) is 38.7 Å². The van der Waals surface area contributed by atoms with Crippen LogP contribution in [-0.2, 0) is 9.47 Å². The highest BCUT2D eigenvalue weighted by molar-refractivity contribution is 5.95. The Morgan fingerprint density at radius 3 is 3.21 bits per heavy atom. The molecule has 1 aromatic heterocycles. The van der Waals surface area contributed by atoms with Crippen LogP contribution in [0.5, 0.6) is 0 Å². The van der Waals surface area contributed by atoms with Gasteiger partial charge in [-0.3, -0.25) is 9.78 Å². The molecule has 0 spiro atoms. The Hall–Kier alpha value is -1.46. The molecule has 2 rings (SSSR count). The van der Waals surface area contributed by atoms with Crippen molar-refractivity contribution in [1.29, 1.82) is 0 Å². The van der Waals surface area contributed by atoms with Crippen LogP contribution in [0.1, 0.15) is 22.5 Å². The number of aromatic nitrogens is 1. The Balaban J connectivity index is 2.01. The third-order valence-corrected chi connectivity index (χ3v) is 3.31. The summed E-state index contributed by atoms with van der Waals surface area (Å²) in [6, 6.07) is 3.62. The number of hydrogen-bond acceptors (Lipinski definition) is 4. The Kier molecular flexibility index (Phi) is 4.87. The summed E-state index contributed by atoms with van der Waals surface area (Å²) in [7, 11) is 1.67. The van der Waals surface area contributed by atoms with E-state index in [0.717, 1.165) is 12.1 Å². The summed E-state index contributed by atoms with van der Waals surface area (Å²) in [4.78, 5) is 18.4. The third-order valence-electron chi connectivity index (χ3n) is 3.31. The summed E-state index contributed by atoms with van der Waals surface area (Å²) in [5, 5.41) is 0. The molecule has 1 aliphatic heterocycles. The molecule has 0 aromatic carbocycles. The molecule has 0 bridgehead atoms. The van der Waals surface area contributed by atoms with Crippen LogP contribution in [0.4, 0.5) is 0 Å². The van der Waals surface area contributed by atoms with Crippen molar-refractivity contribution in [2.24, 2.45) is 0 Å². The molecule has 1 atom stereocenters.